The van der Waals surface area contributed by atoms with E-state index in [0.29, 0.717) is 26.2 Å². The molecule has 2 heterocycles. The average Bonchev–Trinajstić information content (AvgIpc) is 2.45. The number of carbonyl (C=O) groups is 2. The molecule has 0 aromatic heterocycles. The summed E-state index contributed by atoms with van der Waals surface area (Å²) in [6, 6.07) is 0. The highest BCUT2D eigenvalue weighted by atomic mass is 32.2. The predicted octanol–water partition coefficient (Wildman–Crippen LogP) is -1.27. The van der Waals surface area contributed by atoms with E-state index >= 15 is 0 Å². The molecule has 0 saturated carbocycles. The van der Waals surface area contributed by atoms with Crippen molar-refractivity contribution in [3.8, 4) is 0 Å². The van der Waals surface area contributed by atoms with Crippen LogP contribution in [0.3, 0.4) is 0 Å². The minimum absolute atomic E-state index is 0.0794. The number of piperazine rings is 1. The van der Waals surface area contributed by atoms with Gasteiger partial charge >= 0.3 is 0 Å². The number of sulfonamides is 1. The summed E-state index contributed by atoms with van der Waals surface area (Å²) < 4.78 is 30.0. The molecule has 8 nitrogen and oxygen atoms in total. The first-order valence-electron chi connectivity index (χ1n) is 7.27. The molecule has 22 heavy (non-hydrogen) atoms. The molecule has 0 bridgehead atoms. The molecule has 126 valence electrons. The molecule has 1 unspecified atom stereocenters. The molecule has 0 aromatic rings. The first-order chi connectivity index (χ1) is 10.1. The van der Waals surface area contributed by atoms with Crippen molar-refractivity contribution in [2.45, 2.75) is 19.4 Å². The van der Waals surface area contributed by atoms with Gasteiger partial charge in [-0.05, 0) is 6.92 Å². The standard InChI is InChI=1S/C13H23N3O5S/c1-11(17)15-8-9-21-13(2,10-15)12(18)14-4-6-16(7-5-14)22(3,19)20/h4-10H2,1-3H3. The second kappa shape index (κ2) is 6.13. The van der Waals surface area contributed by atoms with Crippen molar-refractivity contribution in [2.24, 2.45) is 0 Å². The summed E-state index contributed by atoms with van der Waals surface area (Å²) in [5.74, 6) is -0.268. The van der Waals surface area contributed by atoms with Crippen LogP contribution in [-0.2, 0) is 24.3 Å². The second-order valence-corrected chi connectivity index (χ2v) is 7.96. The number of amides is 2. The summed E-state index contributed by atoms with van der Waals surface area (Å²) in [6.07, 6.45) is 1.17. The molecular formula is C13H23N3O5S. The first-order valence-corrected chi connectivity index (χ1v) is 9.12. The average molecular weight is 333 g/mol. The van der Waals surface area contributed by atoms with Crippen LogP contribution in [0.4, 0.5) is 0 Å². The maximum absolute atomic E-state index is 12.7. The van der Waals surface area contributed by atoms with Crippen molar-refractivity contribution in [3.63, 3.8) is 0 Å². The van der Waals surface area contributed by atoms with E-state index in [-0.39, 0.29) is 31.4 Å². The van der Waals surface area contributed by atoms with Crippen molar-refractivity contribution in [1.82, 2.24) is 14.1 Å². The largest absolute Gasteiger partial charge is 0.362 e. The Morgan fingerprint density at radius 2 is 1.64 bits per heavy atom. The van der Waals surface area contributed by atoms with Gasteiger partial charge in [-0.15, -0.1) is 0 Å². The van der Waals surface area contributed by atoms with Gasteiger partial charge in [-0.3, -0.25) is 9.59 Å². The van der Waals surface area contributed by atoms with E-state index in [0.717, 1.165) is 0 Å². The fourth-order valence-corrected chi connectivity index (χ4v) is 3.65. The summed E-state index contributed by atoms with van der Waals surface area (Å²) in [5.41, 5.74) is -1.06. The lowest BCUT2D eigenvalue weighted by atomic mass is 10.0. The molecule has 0 spiro atoms. The smallest absolute Gasteiger partial charge is 0.256 e. The van der Waals surface area contributed by atoms with Gasteiger partial charge in [0.2, 0.25) is 15.9 Å². The Kier molecular flexibility index (Phi) is 4.78. The molecule has 2 saturated heterocycles. The Morgan fingerprint density at radius 3 is 2.14 bits per heavy atom. The van der Waals surface area contributed by atoms with Crippen molar-refractivity contribution in [2.75, 3.05) is 52.1 Å². The zero-order valence-corrected chi connectivity index (χ0v) is 14.1. The number of carbonyl (C=O) groups excluding carboxylic acids is 2. The van der Waals surface area contributed by atoms with Crippen LogP contribution in [0.1, 0.15) is 13.8 Å². The van der Waals surface area contributed by atoms with Gasteiger partial charge in [0.1, 0.15) is 0 Å². The van der Waals surface area contributed by atoms with Crippen LogP contribution in [-0.4, -0.2) is 92.1 Å². The molecule has 2 amide bonds. The lowest BCUT2D eigenvalue weighted by molar-refractivity contribution is -0.171. The maximum Gasteiger partial charge on any atom is 0.256 e. The predicted molar refractivity (Wildman–Crippen MR) is 79.6 cm³/mol. The van der Waals surface area contributed by atoms with Crippen LogP contribution < -0.4 is 0 Å². The molecule has 0 radical (unpaired) electrons. The summed E-state index contributed by atoms with van der Waals surface area (Å²) in [6.45, 7) is 5.46. The highest BCUT2D eigenvalue weighted by Gasteiger charge is 2.43. The van der Waals surface area contributed by atoms with E-state index in [1.54, 1.807) is 16.7 Å². The number of morpholine rings is 1. The molecule has 1 atom stereocenters. The number of ether oxygens (including phenoxy) is 1. The van der Waals surface area contributed by atoms with Gasteiger partial charge in [0.25, 0.3) is 5.91 Å². The third-order valence-electron chi connectivity index (χ3n) is 4.17. The van der Waals surface area contributed by atoms with E-state index in [9.17, 15) is 18.0 Å². The Bertz CT molecular complexity index is 556. The monoisotopic (exact) mass is 333 g/mol. The molecule has 9 heteroatoms. The van der Waals surface area contributed by atoms with Crippen molar-refractivity contribution < 1.29 is 22.7 Å². The van der Waals surface area contributed by atoms with Crippen LogP contribution in [0.25, 0.3) is 0 Å². The van der Waals surface area contributed by atoms with Gasteiger partial charge < -0.3 is 14.5 Å². The van der Waals surface area contributed by atoms with Crippen molar-refractivity contribution >= 4 is 21.8 Å². The van der Waals surface area contributed by atoms with Crippen LogP contribution in [0.15, 0.2) is 0 Å². The molecule has 2 aliphatic heterocycles. The number of hydrogen-bond acceptors (Lipinski definition) is 5. The molecular weight excluding hydrogens is 310 g/mol. The molecule has 0 aromatic carbocycles. The van der Waals surface area contributed by atoms with E-state index in [1.165, 1.54) is 17.5 Å². The van der Waals surface area contributed by atoms with E-state index in [1.807, 2.05) is 0 Å². The maximum atomic E-state index is 12.7. The topological polar surface area (TPSA) is 87.2 Å². The zero-order valence-electron chi connectivity index (χ0n) is 13.2. The minimum Gasteiger partial charge on any atom is -0.362 e. The number of hydrogen-bond donors (Lipinski definition) is 0. The SMILES string of the molecule is CC(=O)N1CCOC(C)(C(=O)N2CCN(S(C)(=O)=O)CC2)C1. The van der Waals surface area contributed by atoms with E-state index < -0.39 is 15.6 Å². The normalized spacial score (nSPS) is 27.8. The van der Waals surface area contributed by atoms with Gasteiger partial charge in [-0.1, -0.05) is 0 Å². The van der Waals surface area contributed by atoms with Gasteiger partial charge in [0, 0.05) is 39.6 Å². The van der Waals surface area contributed by atoms with Crippen LogP contribution in [0.5, 0.6) is 0 Å². The Morgan fingerprint density at radius 1 is 1.05 bits per heavy atom. The second-order valence-electron chi connectivity index (χ2n) is 5.97. The number of rotatable bonds is 2. The first kappa shape index (κ1) is 17.2. The molecule has 2 aliphatic rings. The number of nitrogens with zero attached hydrogens (tertiary/aromatic N) is 3. The van der Waals surface area contributed by atoms with Crippen molar-refractivity contribution in [1.29, 1.82) is 0 Å². The summed E-state index contributed by atoms with van der Waals surface area (Å²) >= 11 is 0. The lowest BCUT2D eigenvalue weighted by Crippen LogP contribution is -2.62. The van der Waals surface area contributed by atoms with Gasteiger partial charge in [0.15, 0.2) is 5.60 Å². The Balaban J connectivity index is 2.01. The fourth-order valence-electron chi connectivity index (χ4n) is 2.83. The highest BCUT2D eigenvalue weighted by Crippen LogP contribution is 2.22. The minimum atomic E-state index is -3.22. The molecule has 0 N–H and O–H groups in total. The van der Waals surface area contributed by atoms with Gasteiger partial charge in [-0.2, -0.15) is 4.31 Å². The van der Waals surface area contributed by atoms with Gasteiger partial charge in [-0.25, -0.2) is 8.42 Å². The van der Waals surface area contributed by atoms with Gasteiger partial charge in [0.05, 0.1) is 19.4 Å². The zero-order chi connectivity index (χ0) is 16.5. The van der Waals surface area contributed by atoms with Crippen LogP contribution in [0.2, 0.25) is 0 Å². The molecule has 0 aliphatic carbocycles. The highest BCUT2D eigenvalue weighted by molar-refractivity contribution is 7.88. The summed E-state index contributed by atoms with van der Waals surface area (Å²) in [7, 11) is -3.22. The summed E-state index contributed by atoms with van der Waals surface area (Å²) in [5, 5.41) is 0. The molecule has 2 fully saturated rings. The molecule has 2 rings (SSSR count). The van der Waals surface area contributed by atoms with Crippen molar-refractivity contribution in [3.05, 3.63) is 0 Å². The fraction of sp³-hybridized carbons (Fsp3) is 0.846. The van der Waals surface area contributed by atoms with Crippen LogP contribution in [0, 0.1) is 0 Å². The lowest BCUT2D eigenvalue weighted by Gasteiger charge is -2.43. The quantitative estimate of drug-likeness (QED) is 0.629. The Labute approximate surface area is 131 Å². The summed E-state index contributed by atoms with van der Waals surface area (Å²) in [4.78, 5) is 27.4. The van der Waals surface area contributed by atoms with E-state index in [4.69, 9.17) is 4.74 Å². The van der Waals surface area contributed by atoms with E-state index in [2.05, 4.69) is 0 Å². The third-order valence-corrected chi connectivity index (χ3v) is 5.47. The third kappa shape index (κ3) is 3.58. The van der Waals surface area contributed by atoms with Crippen LogP contribution >= 0.6 is 0 Å². The Hall–Kier alpha value is -1.19.